The Kier molecular flexibility index (Phi) is 2.92. The normalized spacial score (nSPS) is 27.2. The van der Waals surface area contributed by atoms with Gasteiger partial charge in [0.2, 0.25) is 0 Å². The van der Waals surface area contributed by atoms with E-state index in [1.807, 2.05) is 0 Å². The van der Waals surface area contributed by atoms with Crippen LogP contribution in [0.15, 0.2) is 18.3 Å². The minimum Gasteiger partial charge on any atom is -0.289 e. The second-order valence-corrected chi connectivity index (χ2v) is 5.27. The zero-order chi connectivity index (χ0) is 13.6. The van der Waals surface area contributed by atoms with Gasteiger partial charge in [-0.05, 0) is 19.3 Å². The van der Waals surface area contributed by atoms with E-state index in [2.05, 4.69) is 22.2 Å². The molecule has 0 saturated carbocycles. The Morgan fingerprint density at radius 3 is 2.84 bits per heavy atom. The molecule has 2 bridgehead atoms. The molecule has 6 heteroatoms. The second-order valence-electron chi connectivity index (χ2n) is 5.27. The van der Waals surface area contributed by atoms with E-state index in [1.54, 1.807) is 0 Å². The molecule has 0 spiro atoms. The molecule has 0 amide bonds. The molecule has 19 heavy (non-hydrogen) atoms. The number of nitrogens with zero attached hydrogens (tertiary/aromatic N) is 3. The lowest BCUT2D eigenvalue weighted by molar-refractivity contribution is -0.144. The van der Waals surface area contributed by atoms with Crippen LogP contribution in [-0.4, -0.2) is 26.8 Å². The number of aromatic nitrogens is 2. The predicted octanol–water partition coefficient (Wildman–Crippen LogP) is 2.73. The van der Waals surface area contributed by atoms with E-state index in [0.29, 0.717) is 18.6 Å². The molecule has 3 nitrogen and oxygen atoms in total. The summed E-state index contributed by atoms with van der Waals surface area (Å²) in [5, 5.41) is 3.77. The molecule has 2 aliphatic rings. The average Bonchev–Trinajstić information content (AvgIpc) is 2.77. The lowest BCUT2D eigenvalue weighted by atomic mass is 10.1. The molecular formula is C13H16F3N3. The van der Waals surface area contributed by atoms with Gasteiger partial charge in [-0.3, -0.25) is 9.58 Å². The van der Waals surface area contributed by atoms with Crippen molar-refractivity contribution < 1.29 is 13.2 Å². The van der Waals surface area contributed by atoms with E-state index in [9.17, 15) is 13.2 Å². The lowest BCUT2D eigenvalue weighted by Gasteiger charge is -2.31. The van der Waals surface area contributed by atoms with Crippen molar-refractivity contribution in [2.45, 2.75) is 44.1 Å². The van der Waals surface area contributed by atoms with E-state index in [-0.39, 0.29) is 5.56 Å². The van der Waals surface area contributed by atoms with E-state index < -0.39 is 11.9 Å². The summed E-state index contributed by atoms with van der Waals surface area (Å²) in [5.41, 5.74) is -0.344. The van der Waals surface area contributed by atoms with Gasteiger partial charge in [0.25, 0.3) is 0 Å². The Bertz CT molecular complexity index is 504. The summed E-state index contributed by atoms with van der Waals surface area (Å²) in [4.78, 5) is 2.17. The highest BCUT2D eigenvalue weighted by Crippen LogP contribution is 2.36. The quantitative estimate of drug-likeness (QED) is 0.771. The van der Waals surface area contributed by atoms with Crippen molar-refractivity contribution in [3.8, 4) is 0 Å². The molecule has 1 saturated heterocycles. The molecule has 0 aromatic carbocycles. The highest BCUT2D eigenvalue weighted by atomic mass is 19.4. The van der Waals surface area contributed by atoms with Crippen LogP contribution in [0.25, 0.3) is 0 Å². The van der Waals surface area contributed by atoms with Crippen LogP contribution in [0.1, 0.15) is 30.5 Å². The second kappa shape index (κ2) is 4.37. The van der Waals surface area contributed by atoms with Gasteiger partial charge in [-0.1, -0.05) is 12.2 Å². The van der Waals surface area contributed by atoms with Gasteiger partial charge in [0.1, 0.15) is 5.69 Å². The van der Waals surface area contributed by atoms with E-state index in [1.165, 1.54) is 13.2 Å². The van der Waals surface area contributed by atoms with Crippen molar-refractivity contribution in [3.05, 3.63) is 29.6 Å². The van der Waals surface area contributed by atoms with Gasteiger partial charge in [-0.15, -0.1) is 0 Å². The van der Waals surface area contributed by atoms with Crippen molar-refractivity contribution in [1.29, 1.82) is 0 Å². The number of alkyl halides is 3. The number of hydrogen-bond acceptors (Lipinski definition) is 2. The van der Waals surface area contributed by atoms with E-state index >= 15 is 0 Å². The van der Waals surface area contributed by atoms with Gasteiger partial charge in [0.05, 0.1) is 6.20 Å². The highest BCUT2D eigenvalue weighted by molar-refractivity contribution is 5.22. The smallest absolute Gasteiger partial charge is 0.289 e. The number of hydrogen-bond donors (Lipinski definition) is 0. The van der Waals surface area contributed by atoms with Crippen LogP contribution in [0.2, 0.25) is 0 Å². The summed E-state index contributed by atoms with van der Waals surface area (Å²) in [6, 6.07) is 0.677. The molecule has 0 aliphatic carbocycles. The van der Waals surface area contributed by atoms with Gasteiger partial charge < -0.3 is 0 Å². The first kappa shape index (κ1) is 12.7. The highest BCUT2D eigenvalue weighted by Gasteiger charge is 2.40. The number of fused-ring (bicyclic) bond motifs is 2. The standard InChI is InChI=1S/C13H16F3N3/c1-18-12(13(14,15)16)9(7-17-18)8-19-10-3-2-4-11(19)6-5-10/h2-3,7,10-11H,4-6,8H2,1H3. The van der Waals surface area contributed by atoms with Crippen LogP contribution >= 0.6 is 0 Å². The fraction of sp³-hybridized carbons (Fsp3) is 0.615. The lowest BCUT2D eigenvalue weighted by Crippen LogP contribution is -2.37. The molecular weight excluding hydrogens is 255 g/mol. The van der Waals surface area contributed by atoms with Crippen LogP contribution in [0.4, 0.5) is 13.2 Å². The van der Waals surface area contributed by atoms with Crippen molar-refractivity contribution in [1.82, 2.24) is 14.7 Å². The monoisotopic (exact) mass is 271 g/mol. The molecule has 2 unspecified atom stereocenters. The molecule has 2 aliphatic heterocycles. The molecule has 1 aromatic heterocycles. The first-order valence-corrected chi connectivity index (χ1v) is 6.47. The first-order chi connectivity index (χ1) is 8.97. The third-order valence-electron chi connectivity index (χ3n) is 4.09. The molecule has 0 N–H and O–H groups in total. The Morgan fingerprint density at radius 2 is 2.16 bits per heavy atom. The van der Waals surface area contributed by atoms with Gasteiger partial charge in [0.15, 0.2) is 0 Å². The molecule has 1 fully saturated rings. The van der Waals surface area contributed by atoms with Gasteiger partial charge in [-0.2, -0.15) is 18.3 Å². The zero-order valence-corrected chi connectivity index (χ0v) is 10.7. The molecule has 0 radical (unpaired) electrons. The van der Waals surface area contributed by atoms with Crippen molar-refractivity contribution in [2.24, 2.45) is 7.05 Å². The van der Waals surface area contributed by atoms with Crippen molar-refractivity contribution >= 4 is 0 Å². The summed E-state index contributed by atoms with van der Waals surface area (Å²) < 4.78 is 40.0. The first-order valence-electron chi connectivity index (χ1n) is 6.47. The predicted molar refractivity (Wildman–Crippen MR) is 64.3 cm³/mol. The molecule has 3 heterocycles. The molecule has 3 rings (SSSR count). The number of aryl methyl sites for hydroxylation is 1. The maximum absolute atomic E-state index is 13.0. The largest absolute Gasteiger partial charge is 0.433 e. The Labute approximate surface area is 109 Å². The van der Waals surface area contributed by atoms with Gasteiger partial charge in [-0.25, -0.2) is 0 Å². The van der Waals surface area contributed by atoms with Crippen LogP contribution < -0.4 is 0 Å². The maximum atomic E-state index is 13.0. The summed E-state index contributed by atoms with van der Waals surface area (Å²) in [6.45, 7) is 0.336. The third-order valence-corrected chi connectivity index (χ3v) is 4.09. The molecule has 1 aromatic rings. The Morgan fingerprint density at radius 1 is 1.37 bits per heavy atom. The zero-order valence-electron chi connectivity index (χ0n) is 10.7. The van der Waals surface area contributed by atoms with Gasteiger partial charge >= 0.3 is 6.18 Å². The summed E-state index contributed by atoms with van der Waals surface area (Å²) in [6.07, 6.45) is 4.33. The molecule has 104 valence electrons. The maximum Gasteiger partial charge on any atom is 0.433 e. The fourth-order valence-corrected chi connectivity index (χ4v) is 3.23. The van der Waals surface area contributed by atoms with Crippen LogP contribution in [0.5, 0.6) is 0 Å². The summed E-state index contributed by atoms with van der Waals surface area (Å²) in [5.74, 6) is 0. The van der Waals surface area contributed by atoms with Crippen LogP contribution in [-0.2, 0) is 19.8 Å². The minimum atomic E-state index is -4.34. The van der Waals surface area contributed by atoms with Crippen molar-refractivity contribution in [2.75, 3.05) is 0 Å². The minimum absolute atomic E-state index is 0.280. The third kappa shape index (κ3) is 2.18. The fourth-order valence-electron chi connectivity index (χ4n) is 3.23. The topological polar surface area (TPSA) is 21.1 Å². The average molecular weight is 271 g/mol. The van der Waals surface area contributed by atoms with Gasteiger partial charge in [0, 0.05) is 31.2 Å². The number of halogens is 3. The van der Waals surface area contributed by atoms with E-state index in [4.69, 9.17) is 0 Å². The Hall–Kier alpha value is -1.30. The van der Waals surface area contributed by atoms with Crippen molar-refractivity contribution in [3.63, 3.8) is 0 Å². The number of rotatable bonds is 2. The van der Waals surface area contributed by atoms with Crippen LogP contribution in [0.3, 0.4) is 0 Å². The SMILES string of the molecule is Cn1ncc(CN2C3C=CCC2CC3)c1C(F)(F)F. The Balaban J connectivity index is 1.87. The summed E-state index contributed by atoms with van der Waals surface area (Å²) >= 11 is 0. The summed E-state index contributed by atoms with van der Waals surface area (Å²) in [7, 11) is 1.34. The van der Waals surface area contributed by atoms with Crippen LogP contribution in [0, 0.1) is 0 Å². The van der Waals surface area contributed by atoms with E-state index in [0.717, 1.165) is 23.9 Å². The molecule has 2 atom stereocenters.